The predicted molar refractivity (Wildman–Crippen MR) is 153 cm³/mol. The highest BCUT2D eigenvalue weighted by atomic mass is 16.3. The highest BCUT2D eigenvalue weighted by molar-refractivity contribution is 5.95. The summed E-state index contributed by atoms with van der Waals surface area (Å²) < 4.78 is 0. The zero-order valence-electron chi connectivity index (χ0n) is 22.3. The van der Waals surface area contributed by atoms with Gasteiger partial charge in [-0.1, -0.05) is 36.4 Å². The van der Waals surface area contributed by atoms with E-state index in [4.69, 9.17) is 0 Å². The van der Waals surface area contributed by atoms with E-state index in [2.05, 4.69) is 20.8 Å². The number of phenols is 1. The van der Waals surface area contributed by atoms with Crippen LogP contribution in [0, 0.1) is 0 Å². The lowest BCUT2D eigenvalue weighted by Gasteiger charge is -2.23. The number of aromatic hydroxyl groups is 1. The molecule has 40 heavy (non-hydrogen) atoms. The highest BCUT2D eigenvalue weighted by Crippen LogP contribution is 2.31. The molecule has 0 spiro atoms. The van der Waals surface area contributed by atoms with Gasteiger partial charge in [0.15, 0.2) is 0 Å². The first-order valence-corrected chi connectivity index (χ1v) is 13.6. The van der Waals surface area contributed by atoms with E-state index in [1.54, 1.807) is 29.2 Å². The molecular weight excluding hydrogens is 506 g/mol. The number of phenolic OH excluding ortho intramolecular Hbond substituents is 1. The van der Waals surface area contributed by atoms with Gasteiger partial charge < -0.3 is 20.6 Å². The van der Waals surface area contributed by atoms with E-state index in [9.17, 15) is 19.5 Å². The highest BCUT2D eigenvalue weighted by Gasteiger charge is 2.18. The number of H-pyrrole nitrogens is 1. The van der Waals surface area contributed by atoms with Gasteiger partial charge in [-0.25, -0.2) is 0 Å². The molecule has 4 N–H and O–H groups in total. The van der Waals surface area contributed by atoms with E-state index in [1.807, 2.05) is 42.5 Å². The summed E-state index contributed by atoms with van der Waals surface area (Å²) in [6.45, 7) is 1.74. The van der Waals surface area contributed by atoms with Crippen LogP contribution in [-0.4, -0.2) is 64.1 Å². The largest absolute Gasteiger partial charge is 0.507 e. The number of hydrogen-bond acceptors (Lipinski definition) is 5. The van der Waals surface area contributed by atoms with E-state index in [1.165, 1.54) is 0 Å². The van der Waals surface area contributed by atoms with Gasteiger partial charge in [0.2, 0.25) is 11.8 Å². The first-order valence-electron chi connectivity index (χ1n) is 13.6. The number of para-hydroxylation sites is 1. The molecule has 2 heterocycles. The molecule has 0 aliphatic carbocycles. The third-order valence-corrected chi connectivity index (χ3v) is 7.18. The van der Waals surface area contributed by atoms with Gasteiger partial charge in [0.05, 0.1) is 17.6 Å². The van der Waals surface area contributed by atoms with Crippen LogP contribution in [0.5, 0.6) is 5.75 Å². The molecule has 0 saturated heterocycles. The lowest BCUT2D eigenvalue weighted by atomic mass is 9.98. The van der Waals surface area contributed by atoms with E-state index < -0.39 is 0 Å². The van der Waals surface area contributed by atoms with Gasteiger partial charge in [-0.15, -0.1) is 0 Å². The predicted octanol–water partition coefficient (Wildman–Crippen LogP) is 3.58. The SMILES string of the molecule is O=C1CCCN(C(=O)Cc2[nH]nc3ccccc23)CCCNC(=O)c2cccc(c2)-c2cc(ccc2O)CCN1. The van der Waals surface area contributed by atoms with Gasteiger partial charge >= 0.3 is 0 Å². The van der Waals surface area contributed by atoms with Crippen LogP contribution in [0.15, 0.2) is 66.7 Å². The van der Waals surface area contributed by atoms with Crippen molar-refractivity contribution in [3.8, 4) is 16.9 Å². The summed E-state index contributed by atoms with van der Waals surface area (Å²) in [7, 11) is 0. The molecule has 3 aromatic carbocycles. The third kappa shape index (κ3) is 6.48. The summed E-state index contributed by atoms with van der Waals surface area (Å²) in [5.74, 6) is -0.209. The Balaban J connectivity index is 1.31. The van der Waals surface area contributed by atoms with Crippen molar-refractivity contribution in [1.82, 2.24) is 25.7 Å². The van der Waals surface area contributed by atoms with Crippen molar-refractivity contribution in [2.45, 2.75) is 32.1 Å². The smallest absolute Gasteiger partial charge is 0.251 e. The van der Waals surface area contributed by atoms with Crippen molar-refractivity contribution in [3.05, 3.63) is 83.6 Å². The molecule has 1 aliphatic heterocycles. The topological polar surface area (TPSA) is 127 Å². The Kier molecular flexibility index (Phi) is 8.39. The summed E-state index contributed by atoms with van der Waals surface area (Å²) >= 11 is 0. The van der Waals surface area contributed by atoms with Crippen molar-refractivity contribution < 1.29 is 19.5 Å². The second-order valence-electron chi connectivity index (χ2n) is 10.0. The molecule has 4 aromatic rings. The molecule has 3 amide bonds. The summed E-state index contributed by atoms with van der Waals surface area (Å²) in [6.07, 6.45) is 2.18. The normalized spacial score (nSPS) is 15.4. The van der Waals surface area contributed by atoms with Gasteiger partial charge in [0.25, 0.3) is 5.91 Å². The molecule has 9 heteroatoms. The fourth-order valence-electron chi connectivity index (χ4n) is 5.01. The molecule has 4 bridgehead atoms. The maximum absolute atomic E-state index is 13.3. The summed E-state index contributed by atoms with van der Waals surface area (Å²) in [6, 6.07) is 20.2. The maximum atomic E-state index is 13.3. The lowest BCUT2D eigenvalue weighted by molar-refractivity contribution is -0.131. The summed E-state index contributed by atoms with van der Waals surface area (Å²) in [5.41, 5.74) is 4.39. The fourth-order valence-corrected chi connectivity index (χ4v) is 5.01. The molecule has 0 fully saturated rings. The number of carbonyl (C=O) groups is 3. The number of nitrogens with one attached hydrogen (secondary N) is 3. The first-order chi connectivity index (χ1) is 19.5. The van der Waals surface area contributed by atoms with Crippen molar-refractivity contribution in [1.29, 1.82) is 0 Å². The molecule has 1 aromatic heterocycles. The Bertz CT molecular complexity index is 1530. The number of benzene rings is 3. The Labute approximate surface area is 232 Å². The average molecular weight is 540 g/mol. The molecule has 0 unspecified atom stereocenters. The lowest BCUT2D eigenvalue weighted by Crippen LogP contribution is -2.37. The van der Waals surface area contributed by atoms with Crippen LogP contribution in [0.25, 0.3) is 22.0 Å². The quantitative estimate of drug-likeness (QED) is 0.310. The van der Waals surface area contributed by atoms with Gasteiger partial charge in [-0.05, 0) is 60.7 Å². The first kappa shape index (κ1) is 26.9. The Morgan fingerprint density at radius 2 is 1.70 bits per heavy atom. The molecule has 0 saturated carbocycles. The number of fused-ring (bicyclic) bond motifs is 6. The van der Waals surface area contributed by atoms with Crippen LogP contribution in [-0.2, 0) is 22.4 Å². The number of carbonyl (C=O) groups excluding carboxylic acids is 3. The molecule has 0 atom stereocenters. The Morgan fingerprint density at radius 1 is 0.875 bits per heavy atom. The van der Waals surface area contributed by atoms with Crippen molar-refractivity contribution in [2.75, 3.05) is 26.2 Å². The minimum absolute atomic E-state index is 0.0567. The molecule has 1 aliphatic rings. The molecule has 9 nitrogen and oxygen atoms in total. The number of nitrogens with zero attached hydrogens (tertiary/aromatic N) is 2. The zero-order chi connectivity index (χ0) is 27.9. The standard InChI is InChI=1S/C31H33N5O4/c37-28-12-11-21-13-15-32-29(38)10-4-16-36(30(39)20-27-24-8-1-2-9-26(24)34-35-27)17-5-14-33-31(40)23-7-3-6-22(19-23)25(28)18-21/h1-3,6-9,11-12,18-19,37H,4-5,10,13-17,20H2,(H,32,38)(H,33,40)(H,34,35). The molecule has 206 valence electrons. The summed E-state index contributed by atoms with van der Waals surface area (Å²) in [5, 5.41) is 24.6. The van der Waals surface area contributed by atoms with Crippen LogP contribution < -0.4 is 10.6 Å². The van der Waals surface area contributed by atoms with Gasteiger partial charge in [-0.2, -0.15) is 5.10 Å². The molecule has 5 rings (SSSR count). The van der Waals surface area contributed by atoms with Crippen LogP contribution in [0.3, 0.4) is 0 Å². The van der Waals surface area contributed by atoms with Crippen LogP contribution in [0.4, 0.5) is 0 Å². The zero-order valence-corrected chi connectivity index (χ0v) is 22.3. The number of hydrogen-bond donors (Lipinski definition) is 4. The van der Waals surface area contributed by atoms with Gasteiger partial charge in [0, 0.05) is 49.1 Å². The van der Waals surface area contributed by atoms with Crippen LogP contribution in [0.2, 0.25) is 0 Å². The second-order valence-corrected chi connectivity index (χ2v) is 10.0. The molecule has 0 radical (unpaired) electrons. The minimum atomic E-state index is -0.216. The molecular formula is C31H33N5O4. The Morgan fingerprint density at radius 3 is 2.60 bits per heavy atom. The van der Waals surface area contributed by atoms with Crippen molar-refractivity contribution in [3.63, 3.8) is 0 Å². The second kappa shape index (κ2) is 12.5. The van der Waals surface area contributed by atoms with E-state index in [-0.39, 0.29) is 29.9 Å². The van der Waals surface area contributed by atoms with Crippen LogP contribution in [0.1, 0.15) is 40.9 Å². The fraction of sp³-hybridized carbons (Fsp3) is 0.290. The Hall–Kier alpha value is -4.66. The summed E-state index contributed by atoms with van der Waals surface area (Å²) in [4.78, 5) is 40.5. The minimum Gasteiger partial charge on any atom is -0.507 e. The number of aromatic amines is 1. The number of aromatic nitrogens is 2. The van der Waals surface area contributed by atoms with Crippen molar-refractivity contribution >= 4 is 28.6 Å². The van der Waals surface area contributed by atoms with E-state index in [0.29, 0.717) is 63.0 Å². The van der Waals surface area contributed by atoms with Gasteiger partial charge in [0.1, 0.15) is 5.75 Å². The van der Waals surface area contributed by atoms with Gasteiger partial charge in [-0.3, -0.25) is 19.5 Å². The average Bonchev–Trinajstić information content (AvgIpc) is 3.37. The van der Waals surface area contributed by atoms with Crippen molar-refractivity contribution in [2.24, 2.45) is 0 Å². The number of amides is 3. The van der Waals surface area contributed by atoms with E-state index in [0.717, 1.165) is 27.7 Å². The number of rotatable bonds is 2. The third-order valence-electron chi connectivity index (χ3n) is 7.18. The van der Waals surface area contributed by atoms with Crippen LogP contribution >= 0.6 is 0 Å². The monoisotopic (exact) mass is 539 g/mol. The van der Waals surface area contributed by atoms with E-state index >= 15 is 0 Å². The maximum Gasteiger partial charge on any atom is 0.251 e.